The van der Waals surface area contributed by atoms with Crippen molar-refractivity contribution in [3.8, 4) is 0 Å². The van der Waals surface area contributed by atoms with Crippen molar-refractivity contribution in [1.82, 2.24) is 0 Å². The Hall–Kier alpha value is -1.03. The third-order valence-electron chi connectivity index (χ3n) is 3.82. The lowest BCUT2D eigenvalue weighted by molar-refractivity contribution is -0.222. The van der Waals surface area contributed by atoms with Gasteiger partial charge in [0.2, 0.25) is 0 Å². The predicted molar refractivity (Wildman–Crippen MR) is 79.0 cm³/mol. The number of fused-ring (bicyclic) bond motifs is 1. The highest BCUT2D eigenvalue weighted by Gasteiger charge is 2.55. The van der Waals surface area contributed by atoms with Gasteiger partial charge >= 0.3 is 0 Å². The number of hydrogen-bond donors (Lipinski definition) is 1. The fourth-order valence-corrected chi connectivity index (χ4v) is 3.64. The minimum atomic E-state index is -3.90. The van der Waals surface area contributed by atoms with E-state index in [0.717, 1.165) is 5.56 Å². The number of aryl methyl sites for hydroxylation is 1. The number of ether oxygens (including phenoxy) is 3. The minimum Gasteiger partial charge on any atom is -0.366 e. The molecule has 8 heteroatoms. The summed E-state index contributed by atoms with van der Waals surface area (Å²) in [4.78, 5) is 0.0714. The van der Waals surface area contributed by atoms with Crippen LogP contribution in [0.5, 0.6) is 0 Å². The molecule has 0 spiro atoms. The minimum absolute atomic E-state index is 0.0714. The second-order valence-electron chi connectivity index (χ2n) is 6.18. The van der Waals surface area contributed by atoms with E-state index in [1.165, 1.54) is 12.1 Å². The van der Waals surface area contributed by atoms with E-state index in [1.54, 1.807) is 26.0 Å². The molecule has 2 aliphatic heterocycles. The molecule has 0 unspecified atom stereocenters. The molecule has 0 aliphatic carbocycles. The van der Waals surface area contributed by atoms with Gasteiger partial charge in [-0.3, -0.25) is 4.18 Å². The Morgan fingerprint density at radius 1 is 1.17 bits per heavy atom. The van der Waals surface area contributed by atoms with Crippen LogP contribution in [0.25, 0.3) is 0 Å². The average Bonchev–Trinajstić information content (AvgIpc) is 2.92. The van der Waals surface area contributed by atoms with Crippen LogP contribution in [0.3, 0.4) is 0 Å². The Morgan fingerprint density at radius 2 is 1.78 bits per heavy atom. The highest BCUT2D eigenvalue weighted by Crippen LogP contribution is 2.38. The number of rotatable bonds is 4. The van der Waals surface area contributed by atoms with E-state index in [-0.39, 0.29) is 11.5 Å². The van der Waals surface area contributed by atoms with Crippen LogP contribution in [0.15, 0.2) is 29.2 Å². The van der Waals surface area contributed by atoms with Crippen LogP contribution in [0, 0.1) is 6.92 Å². The van der Waals surface area contributed by atoms with E-state index in [4.69, 9.17) is 18.4 Å². The second kappa shape index (κ2) is 5.80. The molecule has 1 aromatic rings. The summed E-state index contributed by atoms with van der Waals surface area (Å²) in [6, 6.07) is 6.35. The summed E-state index contributed by atoms with van der Waals surface area (Å²) in [5.41, 5.74) is 0.952. The highest BCUT2D eigenvalue weighted by molar-refractivity contribution is 7.86. The maximum atomic E-state index is 12.2. The van der Waals surface area contributed by atoms with Crippen LogP contribution >= 0.6 is 0 Å². The van der Waals surface area contributed by atoms with E-state index in [9.17, 15) is 13.5 Å². The van der Waals surface area contributed by atoms with E-state index in [0.29, 0.717) is 0 Å². The summed E-state index contributed by atoms with van der Waals surface area (Å²) in [5, 5.41) is 9.85. The lowest BCUT2D eigenvalue weighted by Gasteiger charge is -2.22. The molecule has 128 valence electrons. The zero-order valence-corrected chi connectivity index (χ0v) is 13.9. The highest BCUT2D eigenvalue weighted by atomic mass is 32.2. The van der Waals surface area contributed by atoms with Crippen LogP contribution in [0.2, 0.25) is 0 Å². The molecule has 0 saturated carbocycles. The van der Waals surface area contributed by atoms with Gasteiger partial charge in [0, 0.05) is 0 Å². The molecule has 1 aromatic carbocycles. The first-order chi connectivity index (χ1) is 10.7. The SMILES string of the molecule is Cc1ccc(S(=O)(=O)OC[C@H]2O[C@H](O)[C@H]3OC(C)(C)O[C@H]32)cc1. The monoisotopic (exact) mass is 344 g/mol. The Balaban J connectivity index is 1.67. The Kier molecular flexibility index (Phi) is 4.24. The molecule has 4 atom stereocenters. The molecule has 7 nitrogen and oxygen atoms in total. The van der Waals surface area contributed by atoms with E-state index in [2.05, 4.69) is 0 Å². The van der Waals surface area contributed by atoms with Gasteiger partial charge < -0.3 is 19.3 Å². The molecule has 0 amide bonds. The number of aliphatic hydroxyl groups is 1. The fourth-order valence-electron chi connectivity index (χ4n) is 2.72. The quantitative estimate of drug-likeness (QED) is 0.813. The Labute approximate surface area is 135 Å². The normalized spacial score (nSPS) is 32.9. The molecule has 1 N–H and O–H groups in total. The van der Waals surface area contributed by atoms with Gasteiger partial charge in [-0.2, -0.15) is 8.42 Å². The molecule has 23 heavy (non-hydrogen) atoms. The van der Waals surface area contributed by atoms with Gasteiger partial charge in [-0.15, -0.1) is 0 Å². The van der Waals surface area contributed by atoms with Crippen molar-refractivity contribution in [2.24, 2.45) is 0 Å². The lowest BCUT2D eigenvalue weighted by atomic mass is 10.1. The first-order valence-electron chi connectivity index (χ1n) is 7.33. The molecular weight excluding hydrogens is 324 g/mol. The molecule has 2 fully saturated rings. The number of aliphatic hydroxyl groups excluding tert-OH is 1. The van der Waals surface area contributed by atoms with E-state index >= 15 is 0 Å². The zero-order valence-electron chi connectivity index (χ0n) is 13.1. The van der Waals surface area contributed by atoms with Gasteiger partial charge in [-0.05, 0) is 32.9 Å². The molecule has 2 aliphatic rings. The predicted octanol–water partition coefficient (Wildman–Crippen LogP) is 0.938. The molecular formula is C15H20O7S. The molecule has 0 aromatic heterocycles. The average molecular weight is 344 g/mol. The molecule has 3 rings (SSSR count). The van der Waals surface area contributed by atoms with Crippen molar-refractivity contribution in [3.05, 3.63) is 29.8 Å². The summed E-state index contributed by atoms with van der Waals surface area (Å²) < 4.78 is 45.9. The largest absolute Gasteiger partial charge is 0.366 e. The number of benzene rings is 1. The van der Waals surface area contributed by atoms with Gasteiger partial charge in [-0.1, -0.05) is 17.7 Å². The van der Waals surface area contributed by atoms with Crippen molar-refractivity contribution >= 4 is 10.1 Å². The van der Waals surface area contributed by atoms with Crippen molar-refractivity contribution in [3.63, 3.8) is 0 Å². The van der Waals surface area contributed by atoms with Crippen LogP contribution in [-0.4, -0.2) is 50.5 Å². The van der Waals surface area contributed by atoms with Gasteiger partial charge in [0.1, 0.15) is 18.3 Å². The number of hydrogen-bond acceptors (Lipinski definition) is 7. The fraction of sp³-hybridized carbons (Fsp3) is 0.600. The van der Waals surface area contributed by atoms with Crippen molar-refractivity contribution in [1.29, 1.82) is 0 Å². The molecule has 2 heterocycles. The van der Waals surface area contributed by atoms with Gasteiger partial charge in [0.25, 0.3) is 10.1 Å². The summed E-state index contributed by atoms with van der Waals surface area (Å²) in [6.45, 7) is 5.05. The maximum absolute atomic E-state index is 12.2. The van der Waals surface area contributed by atoms with E-state index in [1.807, 2.05) is 6.92 Å². The molecule has 0 bridgehead atoms. The van der Waals surface area contributed by atoms with Crippen LogP contribution in [0.4, 0.5) is 0 Å². The lowest BCUT2D eigenvalue weighted by Crippen LogP contribution is -2.33. The Morgan fingerprint density at radius 3 is 2.43 bits per heavy atom. The summed E-state index contributed by atoms with van der Waals surface area (Å²) in [7, 11) is -3.90. The second-order valence-corrected chi connectivity index (χ2v) is 7.80. The van der Waals surface area contributed by atoms with Gasteiger partial charge in [0.15, 0.2) is 12.1 Å². The summed E-state index contributed by atoms with van der Waals surface area (Å²) in [5.74, 6) is -0.853. The third-order valence-corrected chi connectivity index (χ3v) is 5.12. The zero-order chi connectivity index (χ0) is 16.8. The summed E-state index contributed by atoms with van der Waals surface area (Å²) in [6.07, 6.45) is -3.12. The third kappa shape index (κ3) is 3.42. The van der Waals surface area contributed by atoms with Crippen molar-refractivity contribution in [2.45, 2.75) is 56.1 Å². The van der Waals surface area contributed by atoms with Crippen LogP contribution in [-0.2, 0) is 28.5 Å². The Bertz CT molecular complexity index is 668. The maximum Gasteiger partial charge on any atom is 0.297 e. The van der Waals surface area contributed by atoms with Crippen LogP contribution in [0.1, 0.15) is 19.4 Å². The van der Waals surface area contributed by atoms with E-state index < -0.39 is 40.5 Å². The smallest absolute Gasteiger partial charge is 0.297 e. The first kappa shape index (κ1) is 16.8. The van der Waals surface area contributed by atoms with Gasteiger partial charge in [0.05, 0.1) is 11.5 Å². The van der Waals surface area contributed by atoms with Crippen molar-refractivity contribution in [2.75, 3.05) is 6.61 Å². The van der Waals surface area contributed by atoms with Crippen molar-refractivity contribution < 1.29 is 31.9 Å². The van der Waals surface area contributed by atoms with Gasteiger partial charge in [-0.25, -0.2) is 0 Å². The first-order valence-corrected chi connectivity index (χ1v) is 8.74. The van der Waals surface area contributed by atoms with Crippen LogP contribution < -0.4 is 0 Å². The summed E-state index contributed by atoms with van der Waals surface area (Å²) >= 11 is 0. The molecule has 0 radical (unpaired) electrons. The molecule has 2 saturated heterocycles. The topological polar surface area (TPSA) is 91.3 Å². The standard InChI is InChI=1S/C15H20O7S/c1-9-4-6-10(7-5-9)23(17,18)19-8-11-12-13(14(16)20-11)22-15(2,3)21-12/h4-7,11-14,16H,8H2,1-3H3/t11-,12+,13+,14+/m1/s1.